The van der Waals surface area contributed by atoms with Crippen LogP contribution in [0.15, 0.2) is 0 Å². The summed E-state index contributed by atoms with van der Waals surface area (Å²) in [4.78, 5) is 11.2. The van der Waals surface area contributed by atoms with Gasteiger partial charge in [-0.15, -0.1) is 0 Å². The molecule has 5 nitrogen and oxygen atoms in total. The topological polar surface area (TPSA) is 60.6 Å². The van der Waals surface area contributed by atoms with E-state index < -0.39 is 0 Å². The number of epoxide rings is 2. The molecule has 29 heavy (non-hydrogen) atoms. The van der Waals surface area contributed by atoms with Gasteiger partial charge >= 0.3 is 5.97 Å². The highest BCUT2D eigenvalue weighted by Crippen LogP contribution is 2.15. The van der Waals surface area contributed by atoms with E-state index in [2.05, 4.69) is 20.8 Å². The molecule has 0 spiro atoms. The molecule has 3 atom stereocenters. The second-order valence-corrected chi connectivity index (χ2v) is 8.32. The Morgan fingerprint density at radius 3 is 1.97 bits per heavy atom. The molecule has 0 N–H and O–H groups in total. The van der Waals surface area contributed by atoms with E-state index >= 15 is 0 Å². The number of hydrogen-bond acceptors (Lipinski definition) is 5. The molecule has 0 aromatic rings. The van der Waals surface area contributed by atoms with Gasteiger partial charge in [-0.05, 0) is 19.3 Å². The summed E-state index contributed by atoms with van der Waals surface area (Å²) in [5.74, 6) is -0.0657. The van der Waals surface area contributed by atoms with Crippen molar-refractivity contribution in [3.63, 3.8) is 0 Å². The van der Waals surface area contributed by atoms with E-state index in [0.29, 0.717) is 25.2 Å². The minimum absolute atomic E-state index is 0.0657. The first-order valence-electron chi connectivity index (χ1n) is 12.2. The number of unbranched alkanes of at least 4 members (excludes halogenated alkanes) is 8. The Morgan fingerprint density at radius 2 is 1.38 bits per heavy atom. The standard InChI is InChI=1S/C13H24O3.C11H22O2/c1-2-3-4-5-6-7-8-9-13(14)16-11-12-10-15-12;1-3-5-6-7-10(4-2)12-8-11-9-13-11/h12H,2-11H2,1H3;10-11H,3-9H2,1-2H3. The fourth-order valence-corrected chi connectivity index (χ4v) is 3.08. The number of carbonyl (C=O) groups excluding carboxylic acids is 1. The van der Waals surface area contributed by atoms with Crippen LogP contribution in [0.1, 0.15) is 104 Å². The number of rotatable bonds is 18. The SMILES string of the molecule is CCCCCC(CC)OCC1CO1.CCCCCCCCCC(=O)OCC1CO1. The molecular formula is C24H46O5. The van der Waals surface area contributed by atoms with E-state index in [9.17, 15) is 4.79 Å². The molecule has 3 unspecified atom stereocenters. The molecule has 2 aliphatic heterocycles. The van der Waals surface area contributed by atoms with Crippen LogP contribution in [0.25, 0.3) is 0 Å². The predicted molar refractivity (Wildman–Crippen MR) is 117 cm³/mol. The van der Waals surface area contributed by atoms with Crippen molar-refractivity contribution in [3.05, 3.63) is 0 Å². The van der Waals surface area contributed by atoms with Crippen LogP contribution >= 0.6 is 0 Å². The zero-order valence-electron chi connectivity index (χ0n) is 19.3. The average molecular weight is 415 g/mol. The summed E-state index contributed by atoms with van der Waals surface area (Å²) in [6.07, 6.45) is 16.6. The smallest absolute Gasteiger partial charge is 0.305 e. The van der Waals surface area contributed by atoms with Gasteiger partial charge in [-0.1, -0.05) is 78.6 Å². The van der Waals surface area contributed by atoms with Gasteiger partial charge in [0.1, 0.15) is 18.8 Å². The lowest BCUT2D eigenvalue weighted by atomic mass is 10.1. The van der Waals surface area contributed by atoms with E-state index in [1.165, 1.54) is 57.8 Å². The number of esters is 1. The average Bonchev–Trinajstić information content (AvgIpc) is 3.64. The maximum atomic E-state index is 11.2. The van der Waals surface area contributed by atoms with Crippen LogP contribution in [0.2, 0.25) is 0 Å². The van der Waals surface area contributed by atoms with Gasteiger partial charge in [-0.2, -0.15) is 0 Å². The van der Waals surface area contributed by atoms with Crippen molar-refractivity contribution in [2.24, 2.45) is 0 Å². The normalized spacial score (nSPS) is 20.5. The van der Waals surface area contributed by atoms with Gasteiger partial charge in [0.25, 0.3) is 0 Å². The van der Waals surface area contributed by atoms with Crippen LogP contribution < -0.4 is 0 Å². The Bertz CT molecular complexity index is 379. The van der Waals surface area contributed by atoms with Gasteiger partial charge in [-0.3, -0.25) is 4.79 Å². The fraction of sp³-hybridized carbons (Fsp3) is 0.958. The summed E-state index contributed by atoms with van der Waals surface area (Å²) in [7, 11) is 0. The highest BCUT2D eigenvalue weighted by Gasteiger charge is 2.24. The van der Waals surface area contributed by atoms with Crippen molar-refractivity contribution < 1.29 is 23.7 Å². The molecule has 0 aromatic heterocycles. The molecule has 0 aromatic carbocycles. The maximum Gasteiger partial charge on any atom is 0.305 e. The Balaban J connectivity index is 0.000000296. The van der Waals surface area contributed by atoms with Gasteiger partial charge in [0.2, 0.25) is 0 Å². The predicted octanol–water partition coefficient (Wildman–Crippen LogP) is 5.83. The lowest BCUT2D eigenvalue weighted by Gasteiger charge is -2.14. The molecule has 0 bridgehead atoms. The van der Waals surface area contributed by atoms with Gasteiger partial charge in [0.15, 0.2) is 0 Å². The summed E-state index contributed by atoms with van der Waals surface area (Å²) in [5.41, 5.74) is 0. The molecule has 2 saturated heterocycles. The van der Waals surface area contributed by atoms with Crippen LogP contribution in [-0.2, 0) is 23.7 Å². The number of ether oxygens (including phenoxy) is 4. The maximum absolute atomic E-state index is 11.2. The molecule has 172 valence electrons. The lowest BCUT2D eigenvalue weighted by molar-refractivity contribution is -0.144. The van der Waals surface area contributed by atoms with Crippen LogP contribution in [0.4, 0.5) is 0 Å². The van der Waals surface area contributed by atoms with Crippen LogP contribution in [0.3, 0.4) is 0 Å². The Morgan fingerprint density at radius 1 is 0.828 bits per heavy atom. The third-order valence-corrected chi connectivity index (χ3v) is 5.32. The summed E-state index contributed by atoms with van der Waals surface area (Å²) in [6, 6.07) is 0. The summed E-state index contributed by atoms with van der Waals surface area (Å²) in [6.45, 7) is 9.58. The Hall–Kier alpha value is -0.650. The second kappa shape index (κ2) is 18.1. The molecule has 0 radical (unpaired) electrons. The molecule has 5 heteroatoms. The summed E-state index contributed by atoms with van der Waals surface area (Å²) < 4.78 is 20.9. The van der Waals surface area contributed by atoms with E-state index in [4.69, 9.17) is 18.9 Å². The highest BCUT2D eigenvalue weighted by molar-refractivity contribution is 5.69. The van der Waals surface area contributed by atoms with Crippen molar-refractivity contribution in [1.29, 1.82) is 0 Å². The number of carbonyl (C=O) groups is 1. The molecule has 2 heterocycles. The monoisotopic (exact) mass is 414 g/mol. The Labute approximate surface area is 179 Å². The fourth-order valence-electron chi connectivity index (χ4n) is 3.08. The zero-order valence-corrected chi connectivity index (χ0v) is 19.3. The van der Waals surface area contributed by atoms with Crippen molar-refractivity contribution in [2.75, 3.05) is 26.4 Å². The first kappa shape index (κ1) is 26.4. The van der Waals surface area contributed by atoms with Gasteiger partial charge in [0, 0.05) is 6.42 Å². The Kier molecular flexibility index (Phi) is 16.5. The molecule has 0 amide bonds. The van der Waals surface area contributed by atoms with Crippen molar-refractivity contribution >= 4 is 5.97 Å². The molecule has 2 fully saturated rings. The van der Waals surface area contributed by atoms with Crippen LogP contribution in [0.5, 0.6) is 0 Å². The highest BCUT2D eigenvalue weighted by atomic mass is 16.6. The van der Waals surface area contributed by atoms with Crippen LogP contribution in [-0.4, -0.2) is 50.7 Å². The lowest BCUT2D eigenvalue weighted by Crippen LogP contribution is -2.15. The second-order valence-electron chi connectivity index (χ2n) is 8.32. The van der Waals surface area contributed by atoms with Crippen molar-refractivity contribution in [1.82, 2.24) is 0 Å². The zero-order chi connectivity index (χ0) is 21.2. The largest absolute Gasteiger partial charge is 0.463 e. The van der Waals surface area contributed by atoms with Crippen molar-refractivity contribution in [2.45, 2.75) is 123 Å². The molecule has 2 rings (SSSR count). The van der Waals surface area contributed by atoms with Gasteiger partial charge in [0.05, 0.1) is 25.9 Å². The quantitative estimate of drug-likeness (QED) is 0.160. The van der Waals surface area contributed by atoms with E-state index in [0.717, 1.165) is 39.1 Å². The van der Waals surface area contributed by atoms with Gasteiger partial charge in [-0.25, -0.2) is 0 Å². The van der Waals surface area contributed by atoms with Crippen LogP contribution in [0, 0.1) is 0 Å². The molecule has 0 aliphatic carbocycles. The van der Waals surface area contributed by atoms with E-state index in [1.807, 2.05) is 0 Å². The third-order valence-electron chi connectivity index (χ3n) is 5.32. The van der Waals surface area contributed by atoms with Crippen molar-refractivity contribution in [3.8, 4) is 0 Å². The minimum Gasteiger partial charge on any atom is -0.463 e. The number of hydrogen-bond donors (Lipinski definition) is 0. The van der Waals surface area contributed by atoms with Gasteiger partial charge < -0.3 is 18.9 Å². The molecule has 2 aliphatic rings. The summed E-state index contributed by atoms with van der Waals surface area (Å²) >= 11 is 0. The first-order chi connectivity index (χ1) is 14.2. The van der Waals surface area contributed by atoms with E-state index in [1.54, 1.807) is 0 Å². The molecular weight excluding hydrogens is 368 g/mol. The minimum atomic E-state index is -0.0657. The van der Waals surface area contributed by atoms with E-state index in [-0.39, 0.29) is 12.1 Å². The summed E-state index contributed by atoms with van der Waals surface area (Å²) in [5, 5.41) is 0. The third kappa shape index (κ3) is 17.9. The molecule has 0 saturated carbocycles. The first-order valence-corrected chi connectivity index (χ1v) is 12.2.